The zero-order chi connectivity index (χ0) is 24.0. The highest BCUT2D eigenvalue weighted by Crippen LogP contribution is 2.28. The average Bonchev–Trinajstić information content (AvgIpc) is 2.84. The first kappa shape index (κ1) is 23.4. The fourth-order valence-corrected chi connectivity index (χ4v) is 3.44. The molecule has 0 aliphatic carbocycles. The molecule has 1 aromatic heterocycles. The molecule has 0 radical (unpaired) electrons. The summed E-state index contributed by atoms with van der Waals surface area (Å²) >= 11 is 0. The van der Waals surface area contributed by atoms with Gasteiger partial charge in [-0.15, -0.1) is 0 Å². The Labute approximate surface area is 191 Å². The number of nitriles is 1. The number of pyridine rings is 1. The van der Waals surface area contributed by atoms with Gasteiger partial charge in [-0.2, -0.15) is 5.26 Å². The molecule has 0 fully saturated rings. The Morgan fingerprint density at radius 2 is 1.85 bits per heavy atom. The van der Waals surface area contributed by atoms with Crippen molar-refractivity contribution in [3.05, 3.63) is 75.1 Å². The summed E-state index contributed by atoms with van der Waals surface area (Å²) < 4.78 is 17.0. The van der Waals surface area contributed by atoms with Crippen LogP contribution >= 0.6 is 0 Å². The second-order valence-electron chi connectivity index (χ2n) is 7.20. The van der Waals surface area contributed by atoms with Crippen molar-refractivity contribution in [2.45, 2.75) is 19.9 Å². The third-order valence-corrected chi connectivity index (χ3v) is 5.31. The van der Waals surface area contributed by atoms with Crippen molar-refractivity contribution in [3.8, 4) is 29.2 Å². The Hall–Kier alpha value is -4.25. The predicted octanol–water partition coefficient (Wildman–Crippen LogP) is 3.75. The van der Waals surface area contributed by atoms with Crippen LogP contribution in [0.15, 0.2) is 52.3 Å². The molecule has 0 aliphatic heterocycles. The molecule has 170 valence electrons. The van der Waals surface area contributed by atoms with Gasteiger partial charge in [0.2, 0.25) is 5.88 Å². The average molecular weight is 447 g/mol. The molecule has 0 atom stereocenters. The summed E-state index contributed by atoms with van der Waals surface area (Å²) in [6.45, 7) is 1.78. The van der Waals surface area contributed by atoms with Gasteiger partial charge in [0, 0.05) is 18.8 Å². The molecule has 1 N–H and O–H groups in total. The Kier molecular flexibility index (Phi) is 7.36. The summed E-state index contributed by atoms with van der Waals surface area (Å²) in [6.07, 6.45) is 1.88. The fraction of sp³-hybridized carbons (Fsp3) is 0.240. The summed E-state index contributed by atoms with van der Waals surface area (Å²) in [4.78, 5) is 17.3. The molecule has 0 amide bonds. The Morgan fingerprint density at radius 1 is 1.09 bits per heavy atom. The topological polar surface area (TPSA) is 106 Å². The van der Waals surface area contributed by atoms with Crippen LogP contribution in [0.5, 0.6) is 23.1 Å². The minimum atomic E-state index is -0.550. The van der Waals surface area contributed by atoms with E-state index in [4.69, 9.17) is 14.2 Å². The maximum absolute atomic E-state index is 12.9. The van der Waals surface area contributed by atoms with Crippen molar-refractivity contribution in [2.24, 2.45) is 4.99 Å². The van der Waals surface area contributed by atoms with Crippen molar-refractivity contribution >= 4 is 11.9 Å². The van der Waals surface area contributed by atoms with Crippen LogP contribution in [0.25, 0.3) is 0 Å². The lowest BCUT2D eigenvalue weighted by Gasteiger charge is -2.15. The van der Waals surface area contributed by atoms with Crippen LogP contribution in [0.2, 0.25) is 0 Å². The van der Waals surface area contributed by atoms with E-state index in [0.717, 1.165) is 5.56 Å². The highest BCUT2D eigenvalue weighted by Gasteiger charge is 2.18. The number of aromatic hydroxyl groups is 1. The molecule has 0 bridgehead atoms. The first-order chi connectivity index (χ1) is 15.9. The molecule has 0 saturated carbocycles. The minimum absolute atomic E-state index is 0.0350. The van der Waals surface area contributed by atoms with E-state index >= 15 is 0 Å². The van der Waals surface area contributed by atoms with Gasteiger partial charge < -0.3 is 19.3 Å². The van der Waals surface area contributed by atoms with E-state index in [-0.39, 0.29) is 18.0 Å². The molecule has 0 aliphatic rings. The van der Waals surface area contributed by atoms with Crippen molar-refractivity contribution in [1.29, 1.82) is 5.26 Å². The van der Waals surface area contributed by atoms with Gasteiger partial charge >= 0.3 is 0 Å². The molecule has 33 heavy (non-hydrogen) atoms. The van der Waals surface area contributed by atoms with Crippen LogP contribution < -0.4 is 19.8 Å². The molecule has 0 saturated heterocycles. The molecule has 8 nitrogen and oxygen atoms in total. The number of benzene rings is 2. The lowest BCUT2D eigenvalue weighted by molar-refractivity contribution is 0.354. The van der Waals surface area contributed by atoms with Crippen LogP contribution in [0.4, 0.5) is 5.69 Å². The number of aryl methyl sites for hydroxylation is 1. The van der Waals surface area contributed by atoms with E-state index in [2.05, 4.69) is 4.99 Å². The van der Waals surface area contributed by atoms with Crippen LogP contribution in [0.1, 0.15) is 22.3 Å². The molecule has 1 heterocycles. The molecule has 0 spiro atoms. The van der Waals surface area contributed by atoms with Crippen molar-refractivity contribution in [3.63, 3.8) is 0 Å². The highest BCUT2D eigenvalue weighted by molar-refractivity contribution is 5.87. The van der Waals surface area contributed by atoms with Gasteiger partial charge in [0.1, 0.15) is 17.4 Å². The largest absolute Gasteiger partial charge is 0.497 e. The number of hydrogen-bond donors (Lipinski definition) is 1. The summed E-state index contributed by atoms with van der Waals surface area (Å²) in [6, 6.07) is 14.5. The molecule has 8 heteroatoms. The molecular weight excluding hydrogens is 422 g/mol. The maximum atomic E-state index is 12.9. The highest BCUT2D eigenvalue weighted by atomic mass is 16.5. The van der Waals surface area contributed by atoms with E-state index in [0.29, 0.717) is 40.5 Å². The van der Waals surface area contributed by atoms with E-state index in [1.807, 2.05) is 18.2 Å². The number of methoxy groups -OCH3 is 3. The van der Waals surface area contributed by atoms with E-state index in [1.165, 1.54) is 10.8 Å². The minimum Gasteiger partial charge on any atom is -0.497 e. The molecule has 3 aromatic rings. The quantitative estimate of drug-likeness (QED) is 0.527. The zero-order valence-corrected chi connectivity index (χ0v) is 19.0. The van der Waals surface area contributed by atoms with Gasteiger partial charge in [-0.1, -0.05) is 12.1 Å². The number of aromatic nitrogens is 1. The fourth-order valence-electron chi connectivity index (χ4n) is 3.44. The Balaban J connectivity index is 1.98. The van der Waals surface area contributed by atoms with Gasteiger partial charge in [-0.05, 0) is 48.7 Å². The summed E-state index contributed by atoms with van der Waals surface area (Å²) in [5.41, 5.74) is 1.58. The number of aliphatic imine (C=N–C) groups is 1. The van der Waals surface area contributed by atoms with Crippen LogP contribution in [0.3, 0.4) is 0 Å². The Bertz CT molecular complexity index is 1290. The number of ether oxygens (including phenoxy) is 3. The molecule has 0 unspecified atom stereocenters. The van der Waals surface area contributed by atoms with E-state index < -0.39 is 5.56 Å². The van der Waals surface area contributed by atoms with Crippen molar-refractivity contribution < 1.29 is 19.3 Å². The van der Waals surface area contributed by atoms with E-state index in [1.54, 1.807) is 58.6 Å². The second-order valence-corrected chi connectivity index (χ2v) is 7.20. The predicted molar refractivity (Wildman–Crippen MR) is 125 cm³/mol. The van der Waals surface area contributed by atoms with Crippen LogP contribution in [-0.4, -0.2) is 37.2 Å². The van der Waals surface area contributed by atoms with Gasteiger partial charge in [-0.3, -0.25) is 14.4 Å². The van der Waals surface area contributed by atoms with Crippen LogP contribution in [-0.2, 0) is 13.0 Å². The van der Waals surface area contributed by atoms with Crippen molar-refractivity contribution in [2.75, 3.05) is 21.3 Å². The van der Waals surface area contributed by atoms with Crippen LogP contribution in [0, 0.1) is 18.3 Å². The maximum Gasteiger partial charge on any atom is 0.271 e. The summed E-state index contributed by atoms with van der Waals surface area (Å²) in [5.74, 6) is 1.56. The third kappa shape index (κ3) is 4.99. The van der Waals surface area contributed by atoms with Crippen molar-refractivity contribution in [1.82, 2.24) is 4.57 Å². The molecule has 2 aromatic carbocycles. The molecular formula is C25H25N3O5. The van der Waals surface area contributed by atoms with Gasteiger partial charge in [0.25, 0.3) is 5.56 Å². The SMILES string of the molecule is COc1cccc(N=Cc2c(C)c(C#N)c(=O)n(CCc3ccc(OC)c(OC)c3)c2O)c1. The van der Waals surface area contributed by atoms with Gasteiger partial charge in [0.05, 0.1) is 32.6 Å². The first-order valence-corrected chi connectivity index (χ1v) is 10.2. The lowest BCUT2D eigenvalue weighted by Crippen LogP contribution is -2.26. The third-order valence-electron chi connectivity index (χ3n) is 5.31. The zero-order valence-electron chi connectivity index (χ0n) is 19.0. The molecule has 3 rings (SSSR count). The summed E-state index contributed by atoms with van der Waals surface area (Å²) in [7, 11) is 4.66. The standard InChI is InChI=1S/C25H25N3O5/c1-16-20(14-26)24(29)28(11-10-17-8-9-22(32-3)23(12-17)33-4)25(30)21(16)15-27-18-6-5-7-19(13-18)31-2/h5-9,12-13,15,30H,10-11H2,1-4H3. The number of hydrogen-bond acceptors (Lipinski definition) is 7. The second kappa shape index (κ2) is 10.4. The Morgan fingerprint density at radius 3 is 2.52 bits per heavy atom. The van der Waals surface area contributed by atoms with Gasteiger partial charge in [0.15, 0.2) is 11.5 Å². The lowest BCUT2D eigenvalue weighted by atomic mass is 10.1. The number of rotatable bonds is 8. The normalized spacial score (nSPS) is 10.8. The summed E-state index contributed by atoms with van der Waals surface area (Å²) in [5, 5.41) is 20.5. The van der Waals surface area contributed by atoms with Gasteiger partial charge in [-0.25, -0.2) is 0 Å². The monoisotopic (exact) mass is 447 g/mol. The number of nitrogens with zero attached hydrogens (tertiary/aromatic N) is 3. The first-order valence-electron chi connectivity index (χ1n) is 10.2. The van der Waals surface area contributed by atoms with E-state index in [9.17, 15) is 15.2 Å². The smallest absolute Gasteiger partial charge is 0.271 e.